The first-order valence-electron chi connectivity index (χ1n) is 10.4. The van der Waals surface area contributed by atoms with Gasteiger partial charge >= 0.3 is 0 Å². The van der Waals surface area contributed by atoms with E-state index in [1.165, 1.54) is 11.1 Å². The minimum atomic E-state index is -0.356. The molecule has 0 saturated carbocycles. The van der Waals surface area contributed by atoms with Gasteiger partial charge in [-0.1, -0.05) is 72.8 Å². The Morgan fingerprint density at radius 2 is 1.59 bits per heavy atom. The Morgan fingerprint density at radius 3 is 2.24 bits per heavy atom. The van der Waals surface area contributed by atoms with Crippen LogP contribution in [0.5, 0.6) is 5.75 Å². The maximum Gasteiger partial charge on any atom is 0.119 e. The van der Waals surface area contributed by atoms with Crippen LogP contribution < -0.4 is 4.74 Å². The van der Waals surface area contributed by atoms with Crippen LogP contribution in [0.2, 0.25) is 0 Å². The summed E-state index contributed by atoms with van der Waals surface area (Å²) in [7, 11) is 0. The monoisotopic (exact) mass is 387 g/mol. The predicted molar refractivity (Wildman–Crippen MR) is 117 cm³/mol. The van der Waals surface area contributed by atoms with E-state index in [9.17, 15) is 5.11 Å². The van der Waals surface area contributed by atoms with Gasteiger partial charge in [0.2, 0.25) is 0 Å². The van der Waals surface area contributed by atoms with Crippen LogP contribution in [-0.4, -0.2) is 29.2 Å². The zero-order valence-electron chi connectivity index (χ0n) is 16.9. The number of hydrogen-bond donors (Lipinski definition) is 1. The van der Waals surface area contributed by atoms with Crippen molar-refractivity contribution in [2.45, 2.75) is 38.0 Å². The first kappa shape index (κ1) is 19.7. The molecule has 3 aromatic carbocycles. The summed E-state index contributed by atoms with van der Waals surface area (Å²) in [4.78, 5) is 2.38. The van der Waals surface area contributed by atoms with Gasteiger partial charge in [0.25, 0.3) is 0 Å². The summed E-state index contributed by atoms with van der Waals surface area (Å²) in [5.74, 6) is 1.04. The largest absolute Gasteiger partial charge is 0.489 e. The van der Waals surface area contributed by atoms with E-state index in [-0.39, 0.29) is 12.0 Å². The molecule has 0 spiro atoms. The Morgan fingerprint density at radius 1 is 0.931 bits per heavy atom. The molecule has 0 unspecified atom stereocenters. The number of nitrogens with zero attached hydrogens (tertiary/aromatic N) is 1. The zero-order valence-corrected chi connectivity index (χ0v) is 16.9. The van der Waals surface area contributed by atoms with Crippen molar-refractivity contribution in [3.63, 3.8) is 0 Å². The molecule has 3 aromatic rings. The van der Waals surface area contributed by atoms with Crippen molar-refractivity contribution in [1.29, 1.82) is 0 Å². The Labute approximate surface area is 173 Å². The molecule has 0 bridgehead atoms. The average Bonchev–Trinajstić information content (AvgIpc) is 2.79. The van der Waals surface area contributed by atoms with Crippen LogP contribution in [0.4, 0.5) is 0 Å². The zero-order chi connectivity index (χ0) is 20.1. The van der Waals surface area contributed by atoms with Gasteiger partial charge in [-0.2, -0.15) is 0 Å². The van der Waals surface area contributed by atoms with Crippen LogP contribution in [0, 0.1) is 0 Å². The van der Waals surface area contributed by atoms with Crippen LogP contribution in [-0.2, 0) is 6.61 Å². The minimum Gasteiger partial charge on any atom is -0.489 e. The van der Waals surface area contributed by atoms with Crippen molar-refractivity contribution >= 4 is 0 Å². The van der Waals surface area contributed by atoms with E-state index in [0.717, 1.165) is 24.3 Å². The SMILES string of the molecule is C[C@H](c1ccccc1)N1CC[C@H](c2ccc(OCc3ccccc3)cc2)[C@@H](O)C1. The molecule has 150 valence electrons. The highest BCUT2D eigenvalue weighted by Crippen LogP contribution is 2.33. The molecule has 1 aliphatic rings. The van der Waals surface area contributed by atoms with Crippen molar-refractivity contribution in [1.82, 2.24) is 4.90 Å². The first-order chi connectivity index (χ1) is 14.2. The molecular weight excluding hydrogens is 358 g/mol. The van der Waals surface area contributed by atoms with Gasteiger partial charge in [0, 0.05) is 18.5 Å². The van der Waals surface area contributed by atoms with Gasteiger partial charge in [0.15, 0.2) is 0 Å². The number of hydrogen-bond acceptors (Lipinski definition) is 3. The molecule has 3 nitrogen and oxygen atoms in total. The highest BCUT2D eigenvalue weighted by Gasteiger charge is 2.31. The van der Waals surface area contributed by atoms with Gasteiger partial charge in [0.05, 0.1) is 6.10 Å². The summed E-state index contributed by atoms with van der Waals surface area (Å²) in [6.07, 6.45) is 0.605. The van der Waals surface area contributed by atoms with Crippen LogP contribution in [0.3, 0.4) is 0 Å². The summed E-state index contributed by atoms with van der Waals surface area (Å²) >= 11 is 0. The summed E-state index contributed by atoms with van der Waals surface area (Å²) in [6.45, 7) is 4.48. The van der Waals surface area contributed by atoms with Gasteiger partial charge in [-0.15, -0.1) is 0 Å². The molecule has 29 heavy (non-hydrogen) atoms. The molecule has 3 heteroatoms. The standard InChI is InChI=1S/C26H29NO2/c1-20(22-10-6-3-7-11-22)27-17-16-25(26(28)18-27)23-12-14-24(15-13-23)29-19-21-8-4-2-5-9-21/h2-15,20,25-26,28H,16-19H2,1H3/t20-,25-,26+/m1/s1. The van der Waals surface area contributed by atoms with Crippen molar-refractivity contribution < 1.29 is 9.84 Å². The van der Waals surface area contributed by atoms with E-state index >= 15 is 0 Å². The normalized spacial score (nSPS) is 20.9. The van der Waals surface area contributed by atoms with Gasteiger partial charge in [-0.3, -0.25) is 4.90 Å². The lowest BCUT2D eigenvalue weighted by atomic mass is 9.86. The van der Waals surface area contributed by atoms with E-state index in [1.54, 1.807) is 0 Å². The molecule has 0 aromatic heterocycles. The van der Waals surface area contributed by atoms with Crippen LogP contribution >= 0.6 is 0 Å². The second kappa shape index (κ2) is 9.25. The molecule has 0 amide bonds. The Kier molecular flexibility index (Phi) is 6.28. The predicted octanol–water partition coefficient (Wildman–Crippen LogP) is 5.18. The minimum absolute atomic E-state index is 0.178. The van der Waals surface area contributed by atoms with Gasteiger partial charge < -0.3 is 9.84 Å². The maximum atomic E-state index is 10.8. The van der Waals surface area contributed by atoms with E-state index < -0.39 is 0 Å². The van der Waals surface area contributed by atoms with Crippen LogP contribution in [0.1, 0.15) is 42.0 Å². The topological polar surface area (TPSA) is 32.7 Å². The van der Waals surface area contributed by atoms with E-state index in [0.29, 0.717) is 19.2 Å². The van der Waals surface area contributed by atoms with E-state index in [1.807, 2.05) is 36.4 Å². The van der Waals surface area contributed by atoms with Crippen LogP contribution in [0.15, 0.2) is 84.9 Å². The van der Waals surface area contributed by atoms with Crippen molar-refractivity contribution in [2.24, 2.45) is 0 Å². The van der Waals surface area contributed by atoms with E-state index in [4.69, 9.17) is 4.74 Å². The van der Waals surface area contributed by atoms with Gasteiger partial charge in [-0.05, 0) is 48.7 Å². The Bertz CT molecular complexity index is 880. The fraction of sp³-hybridized carbons (Fsp3) is 0.308. The third-order valence-corrected chi connectivity index (χ3v) is 6.00. The molecule has 1 heterocycles. The summed E-state index contributed by atoms with van der Waals surface area (Å²) in [6, 6.07) is 29.3. The quantitative estimate of drug-likeness (QED) is 0.633. The Balaban J connectivity index is 1.34. The van der Waals surface area contributed by atoms with Crippen molar-refractivity contribution in [2.75, 3.05) is 13.1 Å². The van der Waals surface area contributed by atoms with Crippen molar-refractivity contribution in [3.05, 3.63) is 102 Å². The smallest absolute Gasteiger partial charge is 0.119 e. The molecule has 4 rings (SSSR count). The average molecular weight is 388 g/mol. The molecule has 0 aliphatic carbocycles. The lowest BCUT2D eigenvalue weighted by Gasteiger charge is -2.39. The highest BCUT2D eigenvalue weighted by molar-refractivity contribution is 5.31. The number of ether oxygens (including phenoxy) is 1. The molecule has 1 fully saturated rings. The van der Waals surface area contributed by atoms with Gasteiger partial charge in [0.1, 0.15) is 12.4 Å². The third-order valence-electron chi connectivity index (χ3n) is 6.00. The second-order valence-electron chi connectivity index (χ2n) is 7.89. The molecule has 1 saturated heterocycles. The molecule has 0 radical (unpaired) electrons. The van der Waals surface area contributed by atoms with Crippen molar-refractivity contribution in [3.8, 4) is 5.75 Å². The number of rotatable bonds is 6. The molecule has 1 aliphatic heterocycles. The Hall–Kier alpha value is -2.62. The lowest BCUT2D eigenvalue weighted by molar-refractivity contribution is 0.0329. The maximum absolute atomic E-state index is 10.8. The van der Waals surface area contributed by atoms with E-state index in [2.05, 4.69) is 60.4 Å². The lowest BCUT2D eigenvalue weighted by Crippen LogP contribution is -2.43. The number of benzene rings is 3. The molecule has 3 atom stereocenters. The summed E-state index contributed by atoms with van der Waals surface area (Å²) in [5.41, 5.74) is 3.65. The fourth-order valence-corrected chi connectivity index (χ4v) is 4.19. The highest BCUT2D eigenvalue weighted by atomic mass is 16.5. The third kappa shape index (κ3) is 4.87. The van der Waals surface area contributed by atoms with Crippen LogP contribution in [0.25, 0.3) is 0 Å². The first-order valence-corrected chi connectivity index (χ1v) is 10.4. The number of β-amino-alcohol motifs (C(OH)–C–C–N with tert-alkyl or cyclic N) is 1. The fourth-order valence-electron chi connectivity index (χ4n) is 4.19. The number of likely N-dealkylation sites (tertiary alicyclic amines) is 1. The summed E-state index contributed by atoms with van der Waals surface area (Å²) < 4.78 is 5.89. The number of aliphatic hydroxyl groups is 1. The number of aliphatic hydroxyl groups excluding tert-OH is 1. The molecular formula is C26H29NO2. The number of piperidine rings is 1. The summed E-state index contributed by atoms with van der Waals surface area (Å²) in [5, 5.41) is 10.8. The molecule has 1 N–H and O–H groups in total. The van der Waals surface area contributed by atoms with Gasteiger partial charge in [-0.25, -0.2) is 0 Å². The second-order valence-corrected chi connectivity index (χ2v) is 7.89.